The van der Waals surface area contributed by atoms with Crippen LogP contribution >= 0.6 is 11.3 Å². The molecule has 0 atom stereocenters. The molecule has 102 valence electrons. The summed E-state index contributed by atoms with van der Waals surface area (Å²) in [6, 6.07) is 0. The summed E-state index contributed by atoms with van der Waals surface area (Å²) in [7, 11) is 1.62. The highest BCUT2D eigenvalue weighted by Crippen LogP contribution is 2.09. The fraction of sp³-hybridized carbons (Fsp3) is 0.667. The van der Waals surface area contributed by atoms with E-state index in [1.807, 2.05) is 0 Å². The van der Waals surface area contributed by atoms with Crippen LogP contribution in [0.1, 0.15) is 24.0 Å². The lowest BCUT2D eigenvalue weighted by Crippen LogP contribution is -2.29. The maximum atomic E-state index is 11.4. The van der Waals surface area contributed by atoms with Crippen molar-refractivity contribution in [1.82, 2.24) is 15.6 Å². The van der Waals surface area contributed by atoms with Gasteiger partial charge in [0, 0.05) is 38.5 Å². The quantitative estimate of drug-likeness (QED) is 0.656. The first kappa shape index (κ1) is 15.1. The fourth-order valence-corrected chi connectivity index (χ4v) is 2.14. The van der Waals surface area contributed by atoms with Crippen LogP contribution in [-0.4, -0.2) is 37.7 Å². The van der Waals surface area contributed by atoms with E-state index in [0.29, 0.717) is 26.1 Å². The first-order chi connectivity index (χ1) is 8.76. The number of aromatic nitrogens is 1. The Morgan fingerprint density at radius 2 is 2.33 bits per heavy atom. The summed E-state index contributed by atoms with van der Waals surface area (Å²) in [5.41, 5.74) is 1.05. The molecule has 18 heavy (non-hydrogen) atoms. The Morgan fingerprint density at radius 3 is 3.00 bits per heavy atom. The van der Waals surface area contributed by atoms with Gasteiger partial charge in [-0.1, -0.05) is 6.92 Å². The molecular weight excluding hydrogens is 250 g/mol. The van der Waals surface area contributed by atoms with Gasteiger partial charge in [-0.15, -0.1) is 11.3 Å². The van der Waals surface area contributed by atoms with Gasteiger partial charge in [0.25, 0.3) is 0 Å². The summed E-state index contributed by atoms with van der Waals surface area (Å²) in [6.07, 6.45) is 1.46. The molecule has 0 unspecified atom stereocenters. The second-order valence-electron chi connectivity index (χ2n) is 3.86. The number of hydrogen-bond donors (Lipinski definition) is 2. The minimum atomic E-state index is 0.0482. The number of nitrogens with one attached hydrogen (secondary N) is 2. The molecule has 0 saturated heterocycles. The van der Waals surface area contributed by atoms with Crippen LogP contribution in [0.2, 0.25) is 0 Å². The van der Waals surface area contributed by atoms with Gasteiger partial charge in [0.2, 0.25) is 5.91 Å². The van der Waals surface area contributed by atoms with Crippen molar-refractivity contribution in [3.05, 3.63) is 16.1 Å². The van der Waals surface area contributed by atoms with Crippen molar-refractivity contribution in [2.24, 2.45) is 0 Å². The number of ether oxygens (including phenoxy) is 1. The van der Waals surface area contributed by atoms with Crippen LogP contribution in [0.15, 0.2) is 5.38 Å². The second kappa shape index (κ2) is 9.02. The molecule has 0 fully saturated rings. The van der Waals surface area contributed by atoms with Crippen molar-refractivity contribution in [3.63, 3.8) is 0 Å². The monoisotopic (exact) mass is 271 g/mol. The van der Waals surface area contributed by atoms with E-state index >= 15 is 0 Å². The summed E-state index contributed by atoms with van der Waals surface area (Å²) in [5.74, 6) is 0.0482. The molecule has 0 radical (unpaired) electrons. The molecule has 0 spiro atoms. The first-order valence-corrected chi connectivity index (χ1v) is 7.03. The van der Waals surface area contributed by atoms with Gasteiger partial charge in [0.05, 0.1) is 17.3 Å². The smallest absolute Gasteiger partial charge is 0.221 e. The lowest BCUT2D eigenvalue weighted by atomic mass is 10.3. The lowest BCUT2D eigenvalue weighted by Gasteiger charge is -2.05. The maximum Gasteiger partial charge on any atom is 0.221 e. The molecule has 1 amide bonds. The van der Waals surface area contributed by atoms with Crippen LogP contribution in [0.3, 0.4) is 0 Å². The van der Waals surface area contributed by atoms with Crippen LogP contribution in [-0.2, 0) is 22.5 Å². The van der Waals surface area contributed by atoms with Gasteiger partial charge in [0.15, 0.2) is 0 Å². The molecule has 1 heterocycles. The number of carbonyl (C=O) groups excluding carboxylic acids is 1. The van der Waals surface area contributed by atoms with Gasteiger partial charge in [-0.05, 0) is 6.42 Å². The Bertz CT molecular complexity index is 355. The highest BCUT2D eigenvalue weighted by atomic mass is 32.1. The standard InChI is InChI=1S/C12H21N3O2S/c1-3-12-15-10(9-18-12)8-13-5-4-11(16)14-6-7-17-2/h9,13H,3-8H2,1-2H3,(H,14,16). The van der Waals surface area contributed by atoms with E-state index in [0.717, 1.165) is 23.7 Å². The number of aryl methyl sites for hydroxylation is 1. The zero-order chi connectivity index (χ0) is 13.2. The molecule has 0 aromatic carbocycles. The molecule has 0 aliphatic carbocycles. The van der Waals surface area contributed by atoms with Crippen molar-refractivity contribution >= 4 is 17.2 Å². The molecule has 1 aromatic rings. The van der Waals surface area contributed by atoms with E-state index < -0.39 is 0 Å². The molecule has 0 aliphatic heterocycles. The van der Waals surface area contributed by atoms with Gasteiger partial charge in [-0.2, -0.15) is 0 Å². The summed E-state index contributed by atoms with van der Waals surface area (Å²) in [5, 5.41) is 9.21. The highest BCUT2D eigenvalue weighted by Gasteiger charge is 2.02. The average Bonchev–Trinajstić information content (AvgIpc) is 2.83. The Hall–Kier alpha value is -0.980. The summed E-state index contributed by atoms with van der Waals surface area (Å²) >= 11 is 1.68. The molecule has 1 rings (SSSR count). The molecule has 2 N–H and O–H groups in total. The van der Waals surface area contributed by atoms with Crippen molar-refractivity contribution in [3.8, 4) is 0 Å². The number of amides is 1. The molecule has 0 aliphatic rings. The van der Waals surface area contributed by atoms with Gasteiger partial charge >= 0.3 is 0 Å². The molecule has 5 nitrogen and oxygen atoms in total. The van der Waals surface area contributed by atoms with Crippen LogP contribution < -0.4 is 10.6 Å². The van der Waals surface area contributed by atoms with Crippen LogP contribution in [0.5, 0.6) is 0 Å². The molecular formula is C12H21N3O2S. The SMILES string of the molecule is CCc1nc(CNCCC(=O)NCCOC)cs1. The molecule has 1 aromatic heterocycles. The largest absolute Gasteiger partial charge is 0.383 e. The second-order valence-corrected chi connectivity index (χ2v) is 4.80. The van der Waals surface area contributed by atoms with Crippen molar-refractivity contribution in [2.45, 2.75) is 26.3 Å². The fourth-order valence-electron chi connectivity index (χ4n) is 1.39. The summed E-state index contributed by atoms with van der Waals surface area (Å²) < 4.78 is 4.85. The Kier molecular flexibility index (Phi) is 7.55. The first-order valence-electron chi connectivity index (χ1n) is 6.16. The van der Waals surface area contributed by atoms with Crippen molar-refractivity contribution in [1.29, 1.82) is 0 Å². The normalized spacial score (nSPS) is 10.6. The van der Waals surface area contributed by atoms with E-state index in [1.165, 1.54) is 0 Å². The molecule has 0 bridgehead atoms. The number of nitrogens with zero attached hydrogens (tertiary/aromatic N) is 1. The predicted octanol–water partition coefficient (Wildman–Crippen LogP) is 0.948. The minimum Gasteiger partial charge on any atom is -0.383 e. The van der Waals surface area contributed by atoms with E-state index in [2.05, 4.69) is 27.9 Å². The zero-order valence-electron chi connectivity index (χ0n) is 11.0. The Balaban J connectivity index is 2.05. The van der Waals surface area contributed by atoms with Gasteiger partial charge in [-0.25, -0.2) is 4.98 Å². The zero-order valence-corrected chi connectivity index (χ0v) is 11.8. The highest BCUT2D eigenvalue weighted by molar-refractivity contribution is 7.09. The molecule has 0 saturated carbocycles. The minimum absolute atomic E-state index is 0.0482. The third kappa shape index (κ3) is 6.09. The average molecular weight is 271 g/mol. The van der Waals surface area contributed by atoms with E-state index in [9.17, 15) is 4.79 Å². The van der Waals surface area contributed by atoms with Crippen LogP contribution in [0.4, 0.5) is 0 Å². The lowest BCUT2D eigenvalue weighted by molar-refractivity contribution is -0.121. The summed E-state index contributed by atoms with van der Waals surface area (Å²) in [6.45, 7) is 4.61. The van der Waals surface area contributed by atoms with Crippen LogP contribution in [0.25, 0.3) is 0 Å². The topological polar surface area (TPSA) is 63.2 Å². The van der Waals surface area contributed by atoms with Crippen molar-refractivity contribution in [2.75, 3.05) is 26.8 Å². The number of carbonyl (C=O) groups is 1. The number of methoxy groups -OCH3 is 1. The Morgan fingerprint density at radius 1 is 1.50 bits per heavy atom. The third-order valence-electron chi connectivity index (χ3n) is 2.37. The molecule has 6 heteroatoms. The summed E-state index contributed by atoms with van der Waals surface area (Å²) in [4.78, 5) is 15.8. The van der Waals surface area contributed by atoms with E-state index in [1.54, 1.807) is 18.4 Å². The number of hydrogen-bond acceptors (Lipinski definition) is 5. The van der Waals surface area contributed by atoms with E-state index in [-0.39, 0.29) is 5.91 Å². The van der Waals surface area contributed by atoms with Gasteiger partial charge in [0.1, 0.15) is 0 Å². The van der Waals surface area contributed by atoms with Crippen molar-refractivity contribution < 1.29 is 9.53 Å². The van der Waals surface area contributed by atoms with Gasteiger partial charge < -0.3 is 15.4 Å². The predicted molar refractivity (Wildman–Crippen MR) is 72.7 cm³/mol. The third-order valence-corrected chi connectivity index (χ3v) is 3.41. The van der Waals surface area contributed by atoms with E-state index in [4.69, 9.17) is 4.74 Å². The number of thiazole rings is 1. The van der Waals surface area contributed by atoms with Gasteiger partial charge in [-0.3, -0.25) is 4.79 Å². The Labute approximate surface area is 112 Å². The maximum absolute atomic E-state index is 11.4. The number of rotatable bonds is 9. The van der Waals surface area contributed by atoms with Crippen LogP contribution in [0, 0.1) is 0 Å².